The highest BCUT2D eigenvalue weighted by atomic mass is 35.5. The number of benzene rings is 2. The summed E-state index contributed by atoms with van der Waals surface area (Å²) in [5, 5.41) is 9.37. The zero-order valence-electron chi connectivity index (χ0n) is 13.7. The molecule has 4 nitrogen and oxygen atoms in total. The topological polar surface area (TPSA) is 51.5 Å². The average Bonchev–Trinajstić information content (AvgIpc) is 2.96. The number of carboxylic acid groups (broad SMARTS) is 1. The summed E-state index contributed by atoms with van der Waals surface area (Å²) in [5.41, 5.74) is -0.213. The lowest BCUT2D eigenvalue weighted by Crippen LogP contribution is -2.22. The second-order valence-corrected chi connectivity index (χ2v) is 6.61. The minimum Gasteiger partial charge on any atom is -0.479 e. The first-order chi connectivity index (χ1) is 12.6. The number of fused-ring (bicyclic) bond motifs is 1. The van der Waals surface area contributed by atoms with Crippen molar-refractivity contribution in [3.05, 3.63) is 58.2 Å². The van der Waals surface area contributed by atoms with Crippen LogP contribution in [0.5, 0.6) is 5.75 Å². The number of carbonyl (C=O) groups is 1. The van der Waals surface area contributed by atoms with Crippen molar-refractivity contribution in [3.8, 4) is 11.4 Å². The lowest BCUT2D eigenvalue weighted by Gasteiger charge is -2.15. The summed E-state index contributed by atoms with van der Waals surface area (Å²) in [5.74, 6) is -0.837. The molecule has 3 aromatic rings. The Labute approximate surface area is 161 Å². The molecule has 3 rings (SSSR count). The summed E-state index contributed by atoms with van der Waals surface area (Å²) in [6, 6.07) is 8.20. The molecular formula is C18H12Cl2F3NO3. The van der Waals surface area contributed by atoms with Crippen LogP contribution in [-0.2, 0) is 11.0 Å². The van der Waals surface area contributed by atoms with Crippen LogP contribution in [0.1, 0.15) is 12.5 Å². The fourth-order valence-electron chi connectivity index (χ4n) is 2.59. The summed E-state index contributed by atoms with van der Waals surface area (Å²) < 4.78 is 45.6. The van der Waals surface area contributed by atoms with Crippen molar-refractivity contribution in [2.24, 2.45) is 0 Å². The zero-order valence-corrected chi connectivity index (χ0v) is 15.2. The first-order valence-electron chi connectivity index (χ1n) is 7.65. The van der Waals surface area contributed by atoms with Gasteiger partial charge in [0.15, 0.2) is 6.10 Å². The highest BCUT2D eigenvalue weighted by molar-refractivity contribution is 6.38. The number of carboxylic acids is 1. The molecule has 0 radical (unpaired) electrons. The smallest absolute Gasteiger partial charge is 0.416 e. The molecule has 1 heterocycles. The molecule has 0 spiro atoms. The number of aromatic nitrogens is 1. The average molecular weight is 418 g/mol. The van der Waals surface area contributed by atoms with Gasteiger partial charge in [-0.2, -0.15) is 13.2 Å². The summed E-state index contributed by atoms with van der Waals surface area (Å²) in [7, 11) is 0. The summed E-state index contributed by atoms with van der Waals surface area (Å²) in [6.45, 7) is 1.38. The molecular weight excluding hydrogens is 406 g/mol. The van der Waals surface area contributed by atoms with E-state index in [2.05, 4.69) is 0 Å². The molecule has 142 valence electrons. The minimum absolute atomic E-state index is 0.169. The van der Waals surface area contributed by atoms with Crippen LogP contribution in [0.4, 0.5) is 13.2 Å². The Morgan fingerprint density at radius 3 is 2.33 bits per heavy atom. The third-order valence-electron chi connectivity index (χ3n) is 3.91. The van der Waals surface area contributed by atoms with Crippen molar-refractivity contribution >= 4 is 40.1 Å². The molecule has 0 saturated carbocycles. The van der Waals surface area contributed by atoms with Crippen molar-refractivity contribution < 1.29 is 27.8 Å². The Bertz CT molecular complexity index is 1010. The quantitative estimate of drug-likeness (QED) is 0.582. The molecule has 0 amide bonds. The van der Waals surface area contributed by atoms with Gasteiger partial charge in [0, 0.05) is 17.6 Å². The van der Waals surface area contributed by atoms with Crippen molar-refractivity contribution in [3.63, 3.8) is 0 Å². The molecule has 0 aliphatic carbocycles. The van der Waals surface area contributed by atoms with Crippen LogP contribution in [0.2, 0.25) is 10.0 Å². The van der Waals surface area contributed by atoms with Gasteiger partial charge < -0.3 is 14.4 Å². The predicted molar refractivity (Wildman–Crippen MR) is 96.0 cm³/mol. The predicted octanol–water partition coefficient (Wildman–Crippen LogP) is 5.81. The number of halogens is 5. The lowest BCUT2D eigenvalue weighted by atomic mass is 10.2. The van der Waals surface area contributed by atoms with Gasteiger partial charge in [-0.15, -0.1) is 0 Å². The molecule has 9 heteroatoms. The van der Waals surface area contributed by atoms with Gasteiger partial charge in [-0.1, -0.05) is 23.2 Å². The number of ether oxygens (including phenoxy) is 1. The van der Waals surface area contributed by atoms with E-state index < -0.39 is 23.8 Å². The highest BCUT2D eigenvalue weighted by Gasteiger charge is 2.32. The van der Waals surface area contributed by atoms with E-state index in [0.29, 0.717) is 5.52 Å². The molecule has 1 unspecified atom stereocenters. The Balaban J connectivity index is 2.11. The highest BCUT2D eigenvalue weighted by Crippen LogP contribution is 2.39. The van der Waals surface area contributed by atoms with E-state index in [-0.39, 0.29) is 21.5 Å². The maximum Gasteiger partial charge on any atom is 0.416 e. The SMILES string of the molecule is CC(Oc1ccc2ccn(-c3c(Cl)cc(C(F)(F)F)cc3Cl)c2c1)C(=O)O. The van der Waals surface area contributed by atoms with Crippen LogP contribution in [0.25, 0.3) is 16.6 Å². The van der Waals surface area contributed by atoms with E-state index in [0.717, 1.165) is 17.5 Å². The first kappa shape index (κ1) is 19.4. The van der Waals surface area contributed by atoms with Crippen molar-refractivity contribution in [2.45, 2.75) is 19.2 Å². The van der Waals surface area contributed by atoms with Crippen molar-refractivity contribution in [1.29, 1.82) is 0 Å². The van der Waals surface area contributed by atoms with Gasteiger partial charge in [0.05, 0.1) is 26.8 Å². The van der Waals surface area contributed by atoms with Crippen molar-refractivity contribution in [2.75, 3.05) is 0 Å². The fraction of sp³-hybridized carbons (Fsp3) is 0.167. The van der Waals surface area contributed by atoms with E-state index >= 15 is 0 Å². The largest absolute Gasteiger partial charge is 0.479 e. The normalized spacial score (nSPS) is 13.0. The van der Waals surface area contributed by atoms with Crippen LogP contribution >= 0.6 is 23.2 Å². The van der Waals surface area contributed by atoms with Gasteiger partial charge in [0.2, 0.25) is 0 Å². The molecule has 1 atom stereocenters. The number of hydrogen-bond donors (Lipinski definition) is 1. The van der Waals surface area contributed by atoms with Gasteiger partial charge in [0.1, 0.15) is 5.75 Å². The van der Waals surface area contributed by atoms with Crippen molar-refractivity contribution in [1.82, 2.24) is 4.57 Å². The molecule has 1 aromatic heterocycles. The third kappa shape index (κ3) is 3.84. The second-order valence-electron chi connectivity index (χ2n) is 5.79. The van der Waals surface area contributed by atoms with Crippen LogP contribution in [-0.4, -0.2) is 21.7 Å². The number of aliphatic carboxylic acids is 1. The van der Waals surface area contributed by atoms with Gasteiger partial charge in [-0.25, -0.2) is 4.79 Å². The van der Waals surface area contributed by atoms with E-state index in [1.807, 2.05) is 0 Å². The Kier molecular flexibility index (Phi) is 5.01. The number of rotatable bonds is 4. The molecule has 27 heavy (non-hydrogen) atoms. The van der Waals surface area contributed by atoms with Gasteiger partial charge in [-0.3, -0.25) is 0 Å². The van der Waals surface area contributed by atoms with Gasteiger partial charge in [-0.05, 0) is 37.3 Å². The zero-order chi connectivity index (χ0) is 19.9. The van der Waals surface area contributed by atoms with Crippen LogP contribution < -0.4 is 4.74 Å². The maximum absolute atomic E-state index is 12.9. The molecule has 0 bridgehead atoms. The lowest BCUT2D eigenvalue weighted by molar-refractivity contribution is -0.144. The summed E-state index contributed by atoms with van der Waals surface area (Å²) in [6.07, 6.45) is -4.03. The monoisotopic (exact) mass is 417 g/mol. The van der Waals surface area contributed by atoms with Gasteiger partial charge in [0.25, 0.3) is 0 Å². The minimum atomic E-state index is -4.57. The van der Waals surface area contributed by atoms with E-state index in [4.69, 9.17) is 33.0 Å². The molecule has 0 aliphatic rings. The number of hydrogen-bond acceptors (Lipinski definition) is 2. The van der Waals surface area contributed by atoms with E-state index in [1.54, 1.807) is 30.5 Å². The first-order valence-corrected chi connectivity index (χ1v) is 8.40. The Hall–Kier alpha value is -2.38. The summed E-state index contributed by atoms with van der Waals surface area (Å²) >= 11 is 12.2. The van der Waals surface area contributed by atoms with Crippen LogP contribution in [0.3, 0.4) is 0 Å². The molecule has 0 aliphatic heterocycles. The second kappa shape index (κ2) is 6.98. The standard InChI is InChI=1S/C18H12Cl2F3NO3/c1-9(17(25)26)27-12-3-2-10-4-5-24(15(10)8-12)16-13(19)6-11(7-14(16)20)18(21,22)23/h2-9H,1H3,(H,25,26). The number of alkyl halides is 3. The fourth-order valence-corrected chi connectivity index (χ4v) is 3.26. The Morgan fingerprint density at radius 2 is 1.78 bits per heavy atom. The van der Waals surface area contributed by atoms with Gasteiger partial charge >= 0.3 is 12.1 Å². The van der Waals surface area contributed by atoms with E-state index in [1.165, 1.54) is 11.5 Å². The molecule has 0 saturated heterocycles. The molecule has 2 aromatic carbocycles. The van der Waals surface area contributed by atoms with Crippen LogP contribution in [0.15, 0.2) is 42.6 Å². The third-order valence-corrected chi connectivity index (χ3v) is 4.49. The molecule has 0 fully saturated rings. The maximum atomic E-state index is 12.9. The Morgan fingerprint density at radius 1 is 1.15 bits per heavy atom. The van der Waals surface area contributed by atoms with E-state index in [9.17, 15) is 18.0 Å². The van der Waals surface area contributed by atoms with Crippen LogP contribution in [0, 0.1) is 0 Å². The number of nitrogens with zero attached hydrogens (tertiary/aromatic N) is 1. The molecule has 1 N–H and O–H groups in total. The summed E-state index contributed by atoms with van der Waals surface area (Å²) in [4.78, 5) is 11.0.